The van der Waals surface area contributed by atoms with E-state index >= 15 is 0 Å². The Kier molecular flexibility index (Phi) is 3.97. The van der Waals surface area contributed by atoms with E-state index in [1.54, 1.807) is 6.08 Å². The average molecular weight is 261 g/mol. The van der Waals surface area contributed by atoms with E-state index in [0.29, 0.717) is 5.02 Å². The molecule has 0 saturated carbocycles. The summed E-state index contributed by atoms with van der Waals surface area (Å²) in [5, 5.41) is 0.706. The number of benzene rings is 1. The number of hydrogen-bond donors (Lipinski definition) is 1. The molecule has 0 radical (unpaired) electrons. The van der Waals surface area contributed by atoms with Gasteiger partial charge in [0.15, 0.2) is 0 Å². The first-order chi connectivity index (χ1) is 6.15. The van der Waals surface area contributed by atoms with E-state index in [-0.39, 0.29) is 6.04 Å². The highest BCUT2D eigenvalue weighted by Crippen LogP contribution is 2.27. The fourth-order valence-corrected chi connectivity index (χ4v) is 1.83. The van der Waals surface area contributed by atoms with Crippen LogP contribution in [-0.4, -0.2) is 0 Å². The van der Waals surface area contributed by atoms with E-state index in [1.165, 1.54) is 0 Å². The number of nitrogens with two attached hydrogens (primary N) is 1. The van der Waals surface area contributed by atoms with Crippen LogP contribution in [0, 0.1) is 0 Å². The second-order valence-electron chi connectivity index (χ2n) is 2.80. The largest absolute Gasteiger partial charge is 0.324 e. The lowest BCUT2D eigenvalue weighted by molar-refractivity contribution is 0.738. The first-order valence-electron chi connectivity index (χ1n) is 3.96. The Bertz CT molecular complexity index is 312. The Morgan fingerprint density at radius 2 is 2.31 bits per heavy atom. The summed E-state index contributed by atoms with van der Waals surface area (Å²) in [5.41, 5.74) is 6.94. The Morgan fingerprint density at radius 1 is 1.62 bits per heavy atom. The standard InChI is InChI=1S/C10H11BrClN/c1-2-3-10(13)8-6-7(12)4-5-9(8)11/h2,4-6,10H,1,3,13H2/t10-/m0/s1. The Balaban J connectivity index is 2.97. The fourth-order valence-electron chi connectivity index (χ4n) is 1.11. The Morgan fingerprint density at radius 3 is 2.92 bits per heavy atom. The first kappa shape index (κ1) is 10.8. The van der Waals surface area contributed by atoms with Gasteiger partial charge in [-0.1, -0.05) is 33.6 Å². The molecule has 1 nitrogen and oxygen atoms in total. The van der Waals surface area contributed by atoms with Crippen LogP contribution in [0.25, 0.3) is 0 Å². The predicted octanol–water partition coefficient (Wildman–Crippen LogP) is 3.68. The van der Waals surface area contributed by atoms with Crippen molar-refractivity contribution >= 4 is 27.5 Å². The SMILES string of the molecule is C=CC[C@H](N)c1cc(Cl)ccc1Br. The molecule has 13 heavy (non-hydrogen) atoms. The summed E-state index contributed by atoms with van der Waals surface area (Å²) in [6.45, 7) is 3.65. The van der Waals surface area contributed by atoms with Gasteiger partial charge in [0.25, 0.3) is 0 Å². The molecule has 1 aromatic carbocycles. The zero-order chi connectivity index (χ0) is 9.84. The lowest BCUT2D eigenvalue weighted by Gasteiger charge is -2.11. The van der Waals surface area contributed by atoms with Gasteiger partial charge in [0.05, 0.1) is 0 Å². The van der Waals surface area contributed by atoms with Gasteiger partial charge in [0.1, 0.15) is 0 Å². The first-order valence-corrected chi connectivity index (χ1v) is 5.13. The van der Waals surface area contributed by atoms with Gasteiger partial charge in [-0.2, -0.15) is 0 Å². The van der Waals surface area contributed by atoms with Crippen LogP contribution in [-0.2, 0) is 0 Å². The third-order valence-electron chi connectivity index (χ3n) is 1.78. The molecule has 1 aromatic rings. The van der Waals surface area contributed by atoms with Crippen molar-refractivity contribution in [1.82, 2.24) is 0 Å². The van der Waals surface area contributed by atoms with Crippen LogP contribution in [0.5, 0.6) is 0 Å². The summed E-state index contributed by atoms with van der Waals surface area (Å²) in [6, 6.07) is 5.57. The summed E-state index contributed by atoms with van der Waals surface area (Å²) < 4.78 is 0.992. The lowest BCUT2D eigenvalue weighted by atomic mass is 10.1. The monoisotopic (exact) mass is 259 g/mol. The highest BCUT2D eigenvalue weighted by atomic mass is 79.9. The maximum Gasteiger partial charge on any atom is 0.0410 e. The molecule has 3 heteroatoms. The molecule has 2 N–H and O–H groups in total. The molecule has 1 rings (SSSR count). The minimum atomic E-state index is -0.0365. The van der Waals surface area contributed by atoms with Gasteiger partial charge in [0, 0.05) is 15.5 Å². The molecule has 0 bridgehead atoms. The number of halogens is 2. The maximum atomic E-state index is 5.92. The van der Waals surface area contributed by atoms with Gasteiger partial charge in [-0.25, -0.2) is 0 Å². The van der Waals surface area contributed by atoms with Gasteiger partial charge in [-0.15, -0.1) is 6.58 Å². The molecule has 0 aliphatic heterocycles. The number of hydrogen-bond acceptors (Lipinski definition) is 1. The van der Waals surface area contributed by atoms with Crippen molar-refractivity contribution in [3.8, 4) is 0 Å². The number of rotatable bonds is 3. The molecule has 1 atom stereocenters. The molecule has 0 aliphatic rings. The second-order valence-corrected chi connectivity index (χ2v) is 4.09. The third-order valence-corrected chi connectivity index (χ3v) is 2.74. The van der Waals surface area contributed by atoms with Crippen LogP contribution < -0.4 is 5.73 Å². The van der Waals surface area contributed by atoms with Crippen molar-refractivity contribution in [3.05, 3.63) is 45.9 Å². The van der Waals surface area contributed by atoms with Crippen molar-refractivity contribution in [1.29, 1.82) is 0 Å². The van der Waals surface area contributed by atoms with Crippen molar-refractivity contribution in [2.45, 2.75) is 12.5 Å². The Labute approximate surface area is 91.7 Å². The van der Waals surface area contributed by atoms with Gasteiger partial charge >= 0.3 is 0 Å². The van der Waals surface area contributed by atoms with E-state index in [1.807, 2.05) is 18.2 Å². The molecule has 0 saturated heterocycles. The van der Waals surface area contributed by atoms with E-state index in [0.717, 1.165) is 16.5 Å². The molecule has 0 fully saturated rings. The molecular formula is C10H11BrClN. The molecule has 0 unspecified atom stereocenters. The van der Waals surface area contributed by atoms with E-state index < -0.39 is 0 Å². The van der Waals surface area contributed by atoms with E-state index in [9.17, 15) is 0 Å². The average Bonchev–Trinajstić information content (AvgIpc) is 2.09. The van der Waals surface area contributed by atoms with E-state index in [2.05, 4.69) is 22.5 Å². The second kappa shape index (κ2) is 4.80. The van der Waals surface area contributed by atoms with Crippen LogP contribution in [0.4, 0.5) is 0 Å². The fraction of sp³-hybridized carbons (Fsp3) is 0.200. The lowest BCUT2D eigenvalue weighted by Crippen LogP contribution is -2.09. The van der Waals surface area contributed by atoms with Crippen molar-refractivity contribution in [2.24, 2.45) is 5.73 Å². The molecular weight excluding hydrogens is 249 g/mol. The highest BCUT2D eigenvalue weighted by molar-refractivity contribution is 9.10. The minimum Gasteiger partial charge on any atom is -0.324 e. The van der Waals surface area contributed by atoms with Gasteiger partial charge in [0.2, 0.25) is 0 Å². The predicted molar refractivity (Wildman–Crippen MR) is 60.9 cm³/mol. The topological polar surface area (TPSA) is 26.0 Å². The maximum absolute atomic E-state index is 5.92. The van der Waals surface area contributed by atoms with Crippen molar-refractivity contribution in [2.75, 3.05) is 0 Å². The zero-order valence-electron chi connectivity index (χ0n) is 7.13. The molecule has 0 aliphatic carbocycles. The van der Waals surface area contributed by atoms with Gasteiger partial charge in [-0.3, -0.25) is 0 Å². The quantitative estimate of drug-likeness (QED) is 0.825. The third kappa shape index (κ3) is 2.83. The molecule has 0 heterocycles. The van der Waals surface area contributed by atoms with Gasteiger partial charge in [-0.05, 0) is 30.2 Å². The summed E-state index contributed by atoms with van der Waals surface area (Å²) in [7, 11) is 0. The van der Waals surface area contributed by atoms with E-state index in [4.69, 9.17) is 17.3 Å². The highest BCUT2D eigenvalue weighted by Gasteiger charge is 2.08. The zero-order valence-corrected chi connectivity index (χ0v) is 9.48. The smallest absolute Gasteiger partial charge is 0.0410 e. The van der Waals surface area contributed by atoms with Crippen molar-refractivity contribution in [3.63, 3.8) is 0 Å². The summed E-state index contributed by atoms with van der Waals surface area (Å²) in [6.07, 6.45) is 2.55. The normalized spacial score (nSPS) is 12.5. The Hall–Kier alpha value is -0.310. The van der Waals surface area contributed by atoms with Crippen LogP contribution in [0.2, 0.25) is 5.02 Å². The molecule has 70 valence electrons. The van der Waals surface area contributed by atoms with Crippen molar-refractivity contribution < 1.29 is 0 Å². The van der Waals surface area contributed by atoms with Crippen LogP contribution in [0.3, 0.4) is 0 Å². The van der Waals surface area contributed by atoms with Crippen LogP contribution >= 0.6 is 27.5 Å². The molecule has 0 aromatic heterocycles. The van der Waals surface area contributed by atoms with Crippen LogP contribution in [0.15, 0.2) is 35.3 Å². The molecule has 0 amide bonds. The summed E-state index contributed by atoms with van der Waals surface area (Å²) >= 11 is 9.29. The summed E-state index contributed by atoms with van der Waals surface area (Å²) in [4.78, 5) is 0. The minimum absolute atomic E-state index is 0.0365. The molecule has 0 spiro atoms. The van der Waals surface area contributed by atoms with Gasteiger partial charge < -0.3 is 5.73 Å². The summed E-state index contributed by atoms with van der Waals surface area (Å²) in [5.74, 6) is 0. The van der Waals surface area contributed by atoms with Crippen LogP contribution in [0.1, 0.15) is 18.0 Å².